The van der Waals surface area contributed by atoms with Gasteiger partial charge < -0.3 is 4.42 Å². The van der Waals surface area contributed by atoms with Crippen LogP contribution in [0.1, 0.15) is 22.8 Å². The normalized spacial score (nSPS) is 12.3. The molecule has 17 heavy (non-hydrogen) atoms. The van der Waals surface area contributed by atoms with Gasteiger partial charge in [-0.05, 0) is 24.6 Å². The summed E-state index contributed by atoms with van der Waals surface area (Å²) in [5.41, 5.74) is 2.04. The van der Waals surface area contributed by atoms with Crippen LogP contribution >= 0.6 is 0 Å². The first-order valence-electron chi connectivity index (χ1n) is 5.38. The van der Waals surface area contributed by atoms with Crippen molar-refractivity contribution in [1.29, 1.82) is 0 Å². The van der Waals surface area contributed by atoms with Crippen LogP contribution in [0.2, 0.25) is 0 Å². The highest BCUT2D eigenvalue weighted by molar-refractivity contribution is 5.29. The Labute approximate surface area is 99.0 Å². The Bertz CT molecular complexity index is 488. The van der Waals surface area contributed by atoms with Crippen molar-refractivity contribution in [3.05, 3.63) is 69.7 Å². The van der Waals surface area contributed by atoms with Crippen LogP contribution in [-0.2, 0) is 0 Å². The summed E-state index contributed by atoms with van der Waals surface area (Å²) in [5.74, 6) is 0.311. The Morgan fingerprint density at radius 1 is 1.29 bits per heavy atom. The molecule has 0 aliphatic carbocycles. The summed E-state index contributed by atoms with van der Waals surface area (Å²) in [4.78, 5) is 10.4. The van der Waals surface area contributed by atoms with Crippen LogP contribution in [-0.4, -0.2) is 11.5 Å². The van der Waals surface area contributed by atoms with E-state index >= 15 is 0 Å². The number of hydrogen-bond donors (Lipinski definition) is 0. The maximum atomic E-state index is 10.7. The molecule has 2 aromatic rings. The average Bonchev–Trinajstić information content (AvgIpc) is 2.80. The Morgan fingerprint density at radius 3 is 2.53 bits per heavy atom. The minimum atomic E-state index is -0.319. The van der Waals surface area contributed by atoms with E-state index < -0.39 is 0 Å². The van der Waals surface area contributed by atoms with E-state index in [2.05, 4.69) is 0 Å². The fourth-order valence-corrected chi connectivity index (χ4v) is 1.80. The van der Waals surface area contributed by atoms with Crippen molar-refractivity contribution in [2.45, 2.75) is 12.8 Å². The Hall–Kier alpha value is -2.10. The van der Waals surface area contributed by atoms with Gasteiger partial charge in [-0.25, -0.2) is 0 Å². The van der Waals surface area contributed by atoms with E-state index in [1.165, 1.54) is 6.26 Å². The first-order valence-corrected chi connectivity index (χ1v) is 5.38. The lowest BCUT2D eigenvalue weighted by molar-refractivity contribution is -0.482. The second-order valence-electron chi connectivity index (χ2n) is 3.99. The minimum Gasteiger partial charge on any atom is -0.468 e. The number of nitrogens with zero attached hydrogens (tertiary/aromatic N) is 1. The zero-order chi connectivity index (χ0) is 12.3. The third kappa shape index (κ3) is 2.72. The lowest BCUT2D eigenvalue weighted by atomic mass is 9.96. The van der Waals surface area contributed by atoms with Gasteiger partial charge in [0.05, 0.1) is 6.26 Å². The van der Waals surface area contributed by atoms with Crippen LogP contribution in [0.5, 0.6) is 0 Å². The van der Waals surface area contributed by atoms with Gasteiger partial charge in [0.15, 0.2) is 0 Å². The summed E-state index contributed by atoms with van der Waals surface area (Å²) < 4.78 is 5.28. The maximum absolute atomic E-state index is 10.7. The Morgan fingerprint density at radius 2 is 2.00 bits per heavy atom. The molecule has 0 aliphatic rings. The van der Waals surface area contributed by atoms with Crippen LogP contribution in [0.3, 0.4) is 0 Å². The highest BCUT2D eigenvalue weighted by atomic mass is 16.6. The molecule has 1 aromatic heterocycles. The number of furan rings is 1. The molecule has 2 rings (SSSR count). The molecule has 4 heteroatoms. The molecule has 0 bridgehead atoms. The molecule has 88 valence electrons. The fraction of sp³-hybridized carbons (Fsp3) is 0.231. The smallest absolute Gasteiger partial charge is 0.217 e. The standard InChI is InChI=1S/C13H13NO3/c1-10-4-6-11(7-5-10)12(9-14(15)16)13-3-2-8-17-13/h2-8,12H,9H2,1H3. The van der Waals surface area contributed by atoms with E-state index in [9.17, 15) is 10.1 Å². The van der Waals surface area contributed by atoms with Crippen molar-refractivity contribution >= 4 is 0 Å². The molecule has 1 unspecified atom stereocenters. The lowest BCUT2D eigenvalue weighted by Crippen LogP contribution is -2.13. The van der Waals surface area contributed by atoms with Gasteiger partial charge in [-0.15, -0.1) is 0 Å². The molecule has 0 amide bonds. The van der Waals surface area contributed by atoms with Gasteiger partial charge in [0.25, 0.3) is 0 Å². The molecule has 1 atom stereocenters. The number of rotatable bonds is 4. The van der Waals surface area contributed by atoms with Crippen LogP contribution in [0, 0.1) is 17.0 Å². The summed E-state index contributed by atoms with van der Waals surface area (Å²) in [5, 5.41) is 10.7. The molecule has 0 aliphatic heterocycles. The number of hydrogen-bond acceptors (Lipinski definition) is 3. The summed E-state index contributed by atoms with van der Waals surface area (Å²) >= 11 is 0. The van der Waals surface area contributed by atoms with Crippen molar-refractivity contribution in [2.24, 2.45) is 0 Å². The molecule has 0 spiro atoms. The molecule has 0 saturated carbocycles. The number of benzene rings is 1. The largest absolute Gasteiger partial charge is 0.468 e. The van der Waals surface area contributed by atoms with Crippen LogP contribution in [0.15, 0.2) is 47.1 Å². The molecule has 1 aromatic carbocycles. The third-order valence-electron chi connectivity index (χ3n) is 2.70. The first kappa shape index (κ1) is 11.4. The summed E-state index contributed by atoms with van der Waals surface area (Å²) in [6.45, 7) is 1.83. The second kappa shape index (κ2) is 4.82. The maximum Gasteiger partial charge on any atom is 0.217 e. The van der Waals surface area contributed by atoms with Gasteiger partial charge in [-0.1, -0.05) is 29.8 Å². The quantitative estimate of drug-likeness (QED) is 0.600. The Kier molecular flexibility index (Phi) is 3.23. The van der Waals surface area contributed by atoms with Gasteiger partial charge in [0, 0.05) is 4.92 Å². The van der Waals surface area contributed by atoms with Crippen molar-refractivity contribution in [2.75, 3.05) is 6.54 Å². The van der Waals surface area contributed by atoms with Crippen molar-refractivity contribution in [3.8, 4) is 0 Å². The van der Waals surface area contributed by atoms with Gasteiger partial charge in [0.1, 0.15) is 11.7 Å². The predicted molar refractivity (Wildman–Crippen MR) is 63.6 cm³/mol. The SMILES string of the molecule is Cc1ccc(C(C[N+](=O)[O-])c2ccco2)cc1. The van der Waals surface area contributed by atoms with Crippen molar-refractivity contribution in [3.63, 3.8) is 0 Å². The molecule has 0 saturated heterocycles. The van der Waals surface area contributed by atoms with Gasteiger partial charge >= 0.3 is 0 Å². The fourth-order valence-electron chi connectivity index (χ4n) is 1.80. The summed E-state index contributed by atoms with van der Waals surface area (Å²) in [6.07, 6.45) is 1.54. The second-order valence-corrected chi connectivity index (χ2v) is 3.99. The number of nitro groups is 1. The van der Waals surface area contributed by atoms with Gasteiger partial charge in [-0.2, -0.15) is 0 Å². The Balaban J connectivity index is 2.33. The number of aryl methyl sites for hydroxylation is 1. The highest BCUT2D eigenvalue weighted by Gasteiger charge is 2.22. The molecular formula is C13H13NO3. The van der Waals surface area contributed by atoms with Gasteiger partial charge in [-0.3, -0.25) is 10.1 Å². The van der Waals surface area contributed by atoms with Crippen molar-refractivity contribution in [1.82, 2.24) is 0 Å². The lowest BCUT2D eigenvalue weighted by Gasteiger charge is -2.10. The molecular weight excluding hydrogens is 218 g/mol. The van der Waals surface area contributed by atoms with E-state index in [1.54, 1.807) is 12.1 Å². The summed E-state index contributed by atoms with van der Waals surface area (Å²) in [6, 6.07) is 11.2. The van der Waals surface area contributed by atoms with E-state index in [0.29, 0.717) is 5.76 Å². The van der Waals surface area contributed by atoms with Crippen LogP contribution in [0.25, 0.3) is 0 Å². The first-order chi connectivity index (χ1) is 8.16. The van der Waals surface area contributed by atoms with E-state index in [1.807, 2.05) is 31.2 Å². The van der Waals surface area contributed by atoms with E-state index in [0.717, 1.165) is 11.1 Å². The van der Waals surface area contributed by atoms with Crippen molar-refractivity contribution < 1.29 is 9.34 Å². The minimum absolute atomic E-state index is 0.156. The van der Waals surface area contributed by atoms with E-state index in [4.69, 9.17) is 4.42 Å². The summed E-state index contributed by atoms with van der Waals surface area (Å²) in [7, 11) is 0. The van der Waals surface area contributed by atoms with E-state index in [-0.39, 0.29) is 17.4 Å². The third-order valence-corrected chi connectivity index (χ3v) is 2.70. The van der Waals surface area contributed by atoms with Crippen LogP contribution < -0.4 is 0 Å². The zero-order valence-electron chi connectivity index (χ0n) is 9.50. The molecule has 0 fully saturated rings. The zero-order valence-corrected chi connectivity index (χ0v) is 9.50. The van der Waals surface area contributed by atoms with Gasteiger partial charge in [0.2, 0.25) is 6.54 Å². The molecule has 1 heterocycles. The van der Waals surface area contributed by atoms with Crippen LogP contribution in [0.4, 0.5) is 0 Å². The topological polar surface area (TPSA) is 56.3 Å². The molecule has 0 radical (unpaired) electrons. The monoisotopic (exact) mass is 231 g/mol. The highest BCUT2D eigenvalue weighted by Crippen LogP contribution is 2.25. The molecule has 0 N–H and O–H groups in total. The molecule has 4 nitrogen and oxygen atoms in total. The average molecular weight is 231 g/mol. The predicted octanol–water partition coefficient (Wildman–Crippen LogP) is 3.00.